The quantitative estimate of drug-likeness (QED) is 0.403. The van der Waals surface area contributed by atoms with E-state index in [1.54, 1.807) is 18.2 Å². The first-order chi connectivity index (χ1) is 13.4. The Kier molecular flexibility index (Phi) is 5.43. The number of hydroxylamine groups is 1. The lowest BCUT2D eigenvalue weighted by Gasteiger charge is -2.11. The van der Waals surface area contributed by atoms with Gasteiger partial charge in [0.2, 0.25) is 0 Å². The smallest absolute Gasteiger partial charge is 0.310 e. The van der Waals surface area contributed by atoms with Crippen LogP contribution in [0.4, 0.5) is 5.69 Å². The molecule has 0 aliphatic heterocycles. The fourth-order valence-corrected chi connectivity index (χ4v) is 3.68. The van der Waals surface area contributed by atoms with Gasteiger partial charge in [-0.15, -0.1) is 0 Å². The van der Waals surface area contributed by atoms with Crippen molar-refractivity contribution in [3.8, 4) is 11.5 Å². The van der Waals surface area contributed by atoms with E-state index >= 15 is 0 Å². The van der Waals surface area contributed by atoms with Crippen LogP contribution in [0.3, 0.4) is 0 Å². The number of amides is 1. The molecule has 0 radical (unpaired) electrons. The van der Waals surface area contributed by atoms with Gasteiger partial charge >= 0.3 is 5.91 Å². The topological polar surface area (TPSA) is 127 Å². The molecule has 3 N–H and O–H groups in total. The summed E-state index contributed by atoms with van der Waals surface area (Å²) in [6, 6.07) is 10.7. The van der Waals surface area contributed by atoms with Crippen LogP contribution in [-0.2, 0) is 9.84 Å². The van der Waals surface area contributed by atoms with Gasteiger partial charge < -0.3 is 19.2 Å². The molecule has 0 atom stereocenters. The van der Waals surface area contributed by atoms with Crippen LogP contribution in [0.15, 0.2) is 51.8 Å². The van der Waals surface area contributed by atoms with E-state index in [0.717, 1.165) is 0 Å². The molecule has 10 heteroatoms. The molecule has 0 aliphatic carbocycles. The number of hydrogen-bond acceptors (Lipinski definition) is 8. The highest BCUT2D eigenvalue weighted by atomic mass is 32.2. The van der Waals surface area contributed by atoms with Crippen LogP contribution >= 0.6 is 0 Å². The Hall–Kier alpha value is -3.24. The molecule has 0 spiro atoms. The summed E-state index contributed by atoms with van der Waals surface area (Å²) in [7, 11) is -0.753. The number of methoxy groups -OCH3 is 2. The van der Waals surface area contributed by atoms with Crippen molar-refractivity contribution in [1.29, 1.82) is 0 Å². The van der Waals surface area contributed by atoms with Crippen molar-refractivity contribution in [2.24, 2.45) is 0 Å². The Morgan fingerprint density at radius 1 is 1.07 bits per heavy atom. The number of anilines is 1. The number of hydrogen-bond donors (Lipinski definition) is 3. The molecule has 0 bridgehead atoms. The maximum Gasteiger partial charge on any atom is 0.310 e. The number of nitrogens with one attached hydrogen (secondary N) is 2. The number of carbonyl (C=O) groups excluding carboxylic acids is 1. The number of ether oxygens (including phenoxy) is 2. The third kappa shape index (κ3) is 3.87. The lowest BCUT2D eigenvalue weighted by Crippen LogP contribution is -2.17. The minimum Gasteiger partial charge on any atom is -0.493 e. The molecule has 9 nitrogen and oxygen atoms in total. The highest BCUT2D eigenvalue weighted by Crippen LogP contribution is 2.30. The van der Waals surface area contributed by atoms with Crippen molar-refractivity contribution in [2.75, 3.05) is 25.4 Å². The average molecular weight is 406 g/mol. The van der Waals surface area contributed by atoms with Gasteiger partial charge in [-0.25, -0.2) is 13.9 Å². The number of benzene rings is 2. The maximum absolute atomic E-state index is 12.6. The largest absolute Gasteiger partial charge is 0.493 e. The van der Waals surface area contributed by atoms with Crippen LogP contribution in [0.2, 0.25) is 0 Å². The van der Waals surface area contributed by atoms with Crippen molar-refractivity contribution in [3.63, 3.8) is 0 Å². The normalized spacial score (nSPS) is 11.2. The van der Waals surface area contributed by atoms with Crippen molar-refractivity contribution in [1.82, 2.24) is 5.48 Å². The zero-order valence-electron chi connectivity index (χ0n) is 15.1. The molecule has 3 rings (SSSR count). The summed E-state index contributed by atoms with van der Waals surface area (Å²) in [5, 5.41) is 12.1. The monoisotopic (exact) mass is 406 g/mol. The Bertz CT molecular complexity index is 1120. The molecule has 0 fully saturated rings. The van der Waals surface area contributed by atoms with E-state index in [1.165, 1.54) is 44.0 Å². The summed E-state index contributed by atoms with van der Waals surface area (Å²) in [6.45, 7) is 0. The first kappa shape index (κ1) is 19.5. The van der Waals surface area contributed by atoms with Gasteiger partial charge in [0.1, 0.15) is 11.5 Å². The average Bonchev–Trinajstić information content (AvgIpc) is 3.14. The highest BCUT2D eigenvalue weighted by Gasteiger charge is 2.18. The Balaban J connectivity index is 1.79. The summed E-state index contributed by atoms with van der Waals surface area (Å²) in [4.78, 5) is 11.5. The molecule has 1 amide bonds. The van der Waals surface area contributed by atoms with Crippen LogP contribution in [0.1, 0.15) is 10.6 Å². The van der Waals surface area contributed by atoms with Gasteiger partial charge in [0.25, 0.3) is 0 Å². The van der Waals surface area contributed by atoms with Gasteiger partial charge in [0.05, 0.1) is 19.1 Å². The first-order valence-corrected chi connectivity index (χ1v) is 9.70. The summed E-state index contributed by atoms with van der Waals surface area (Å²) in [6.07, 6.45) is 0. The van der Waals surface area contributed by atoms with Crippen LogP contribution < -0.4 is 20.3 Å². The second kappa shape index (κ2) is 7.79. The second-order valence-electron chi connectivity index (χ2n) is 5.76. The number of sulfone groups is 1. The highest BCUT2D eigenvalue weighted by molar-refractivity contribution is 7.91. The van der Waals surface area contributed by atoms with Gasteiger partial charge in [-0.1, -0.05) is 0 Å². The summed E-state index contributed by atoms with van der Waals surface area (Å²) in [5.41, 5.74) is 2.44. The minimum absolute atomic E-state index is 0.0624. The molecule has 0 saturated carbocycles. The van der Waals surface area contributed by atoms with E-state index in [0.29, 0.717) is 28.2 Å². The lowest BCUT2D eigenvalue weighted by atomic mass is 10.2. The number of fused-ring (bicyclic) bond motifs is 1. The third-order valence-electron chi connectivity index (χ3n) is 4.02. The van der Waals surface area contributed by atoms with Gasteiger partial charge in [-0.05, 0) is 36.4 Å². The zero-order chi connectivity index (χ0) is 20.3. The fourth-order valence-electron chi connectivity index (χ4n) is 2.59. The number of furan rings is 1. The Morgan fingerprint density at radius 3 is 2.50 bits per heavy atom. The maximum atomic E-state index is 12.6. The minimum atomic E-state index is -3.65. The molecule has 0 aliphatic rings. The lowest BCUT2D eigenvalue weighted by molar-refractivity contribution is 0.0678. The Labute approximate surface area is 160 Å². The molecule has 148 valence electrons. The predicted octanol–water partition coefficient (Wildman–Crippen LogP) is 2.41. The van der Waals surface area contributed by atoms with Crippen LogP contribution in [0.5, 0.6) is 11.5 Å². The van der Waals surface area contributed by atoms with Crippen molar-refractivity contribution in [3.05, 3.63) is 48.2 Å². The van der Waals surface area contributed by atoms with E-state index in [2.05, 4.69) is 5.32 Å². The molecule has 3 aromatic rings. The molecule has 0 saturated heterocycles. The molecule has 1 aromatic heterocycles. The molecule has 1 heterocycles. The van der Waals surface area contributed by atoms with Crippen LogP contribution in [0, 0.1) is 0 Å². The van der Waals surface area contributed by atoms with Gasteiger partial charge in [0, 0.05) is 17.1 Å². The van der Waals surface area contributed by atoms with E-state index in [9.17, 15) is 13.2 Å². The van der Waals surface area contributed by atoms with Crippen molar-refractivity contribution >= 4 is 32.4 Å². The van der Waals surface area contributed by atoms with Gasteiger partial charge in [-0.3, -0.25) is 10.0 Å². The van der Waals surface area contributed by atoms with E-state index in [1.807, 2.05) is 0 Å². The van der Waals surface area contributed by atoms with Gasteiger partial charge in [0.15, 0.2) is 27.1 Å². The standard InChI is InChI=1S/C18H18N2O7S/c1-25-15-6-4-13(9-16(15)26-2)28(23,24)10-19-12-3-5-14-11(7-12)8-17(27-14)18(21)20-22/h3-9,19,22H,10H2,1-2H3,(H,20,21). The van der Waals surface area contributed by atoms with E-state index in [-0.39, 0.29) is 16.5 Å². The molecular formula is C18H18N2O7S. The van der Waals surface area contributed by atoms with Crippen LogP contribution in [-0.4, -0.2) is 39.6 Å². The fraction of sp³-hybridized carbons (Fsp3) is 0.167. The van der Waals surface area contributed by atoms with E-state index in [4.69, 9.17) is 19.1 Å². The zero-order valence-corrected chi connectivity index (χ0v) is 15.9. The molecule has 2 aromatic carbocycles. The SMILES string of the molecule is COc1ccc(S(=O)(=O)CNc2ccc3oc(C(=O)NO)cc3c2)cc1OC. The predicted molar refractivity (Wildman–Crippen MR) is 101 cm³/mol. The number of carbonyl (C=O) groups is 1. The molecule has 0 unspecified atom stereocenters. The molecular weight excluding hydrogens is 388 g/mol. The molecule has 28 heavy (non-hydrogen) atoms. The summed E-state index contributed by atoms with van der Waals surface area (Å²) < 4.78 is 40.8. The van der Waals surface area contributed by atoms with Crippen LogP contribution in [0.25, 0.3) is 11.0 Å². The third-order valence-corrected chi connectivity index (χ3v) is 5.52. The summed E-state index contributed by atoms with van der Waals surface area (Å²) >= 11 is 0. The van der Waals surface area contributed by atoms with Gasteiger partial charge in [-0.2, -0.15) is 0 Å². The number of rotatable bonds is 7. The van der Waals surface area contributed by atoms with E-state index < -0.39 is 15.7 Å². The summed E-state index contributed by atoms with van der Waals surface area (Å²) in [5.74, 6) is -0.439. The Morgan fingerprint density at radius 2 is 1.82 bits per heavy atom. The van der Waals surface area contributed by atoms with Crippen molar-refractivity contribution < 1.29 is 32.3 Å². The first-order valence-electron chi connectivity index (χ1n) is 8.04. The second-order valence-corrected chi connectivity index (χ2v) is 7.75. The van der Waals surface area contributed by atoms with Crippen molar-refractivity contribution in [2.45, 2.75) is 4.90 Å².